The second-order valence-electron chi connectivity index (χ2n) is 4.04. The first kappa shape index (κ1) is 10.5. The van der Waals surface area contributed by atoms with Gasteiger partial charge in [0.25, 0.3) is 0 Å². The van der Waals surface area contributed by atoms with Gasteiger partial charge in [-0.2, -0.15) is 0 Å². The first-order valence-electron chi connectivity index (χ1n) is 5.45. The molecular formula is C10H10N8. The number of rotatable bonds is 2. The van der Waals surface area contributed by atoms with E-state index in [1.165, 1.54) is 6.33 Å². The van der Waals surface area contributed by atoms with Crippen molar-refractivity contribution in [2.75, 3.05) is 5.73 Å². The third-order valence-electron chi connectivity index (χ3n) is 2.98. The Morgan fingerprint density at radius 2 is 2.28 bits per heavy atom. The van der Waals surface area contributed by atoms with Gasteiger partial charge < -0.3 is 10.3 Å². The molecule has 0 fully saturated rings. The summed E-state index contributed by atoms with van der Waals surface area (Å²) in [4.78, 5) is 15.1. The zero-order valence-electron chi connectivity index (χ0n) is 9.38. The molecular weight excluding hydrogens is 232 g/mol. The van der Waals surface area contributed by atoms with Crippen molar-refractivity contribution >= 4 is 17.0 Å². The minimum Gasteiger partial charge on any atom is -0.382 e. The maximum atomic E-state index is 8.42. The number of nitrogens with two attached hydrogens (primary N) is 1. The number of hydrogen-bond acceptors (Lipinski definition) is 5. The highest BCUT2D eigenvalue weighted by Gasteiger charge is 2.21. The molecule has 0 aromatic carbocycles. The lowest BCUT2D eigenvalue weighted by Crippen LogP contribution is -2.07. The minimum absolute atomic E-state index is 0.0831. The molecule has 0 radical (unpaired) electrons. The highest BCUT2D eigenvalue weighted by molar-refractivity contribution is 5.81. The van der Waals surface area contributed by atoms with Crippen molar-refractivity contribution in [1.82, 2.24) is 19.5 Å². The maximum absolute atomic E-state index is 8.42. The highest BCUT2D eigenvalue weighted by atomic mass is 15.2. The van der Waals surface area contributed by atoms with E-state index in [1.807, 2.05) is 16.7 Å². The molecule has 3 rings (SSSR count). The lowest BCUT2D eigenvalue weighted by molar-refractivity contribution is 0.568. The van der Waals surface area contributed by atoms with Crippen molar-refractivity contribution in [1.29, 1.82) is 0 Å². The first-order chi connectivity index (χ1) is 8.79. The molecule has 90 valence electrons. The highest BCUT2D eigenvalue weighted by Crippen LogP contribution is 2.28. The monoisotopic (exact) mass is 242 g/mol. The Morgan fingerprint density at radius 3 is 3.11 bits per heavy atom. The second-order valence-corrected chi connectivity index (χ2v) is 4.04. The lowest BCUT2D eigenvalue weighted by Gasteiger charge is -2.11. The number of azide groups is 1. The molecule has 0 spiro atoms. The molecule has 2 atom stereocenters. The third-order valence-corrected chi connectivity index (χ3v) is 2.98. The van der Waals surface area contributed by atoms with Crippen molar-refractivity contribution in [2.45, 2.75) is 18.5 Å². The number of imidazole rings is 1. The Morgan fingerprint density at radius 1 is 1.39 bits per heavy atom. The molecule has 2 aromatic heterocycles. The largest absolute Gasteiger partial charge is 0.382 e. The van der Waals surface area contributed by atoms with Crippen LogP contribution in [0, 0.1) is 0 Å². The van der Waals surface area contributed by atoms with Gasteiger partial charge in [-0.25, -0.2) is 15.0 Å². The average Bonchev–Trinajstić information content (AvgIpc) is 2.96. The second kappa shape index (κ2) is 4.01. The van der Waals surface area contributed by atoms with Gasteiger partial charge in [0, 0.05) is 4.91 Å². The molecule has 0 bridgehead atoms. The Kier molecular flexibility index (Phi) is 2.35. The van der Waals surface area contributed by atoms with E-state index >= 15 is 0 Å². The average molecular weight is 242 g/mol. The van der Waals surface area contributed by atoms with Gasteiger partial charge in [-0.15, -0.1) is 0 Å². The number of allylic oxidation sites excluding steroid dienone is 1. The van der Waals surface area contributed by atoms with E-state index < -0.39 is 0 Å². The summed E-state index contributed by atoms with van der Waals surface area (Å²) in [5, 5.41) is 3.68. The van der Waals surface area contributed by atoms with E-state index in [-0.39, 0.29) is 12.1 Å². The molecule has 0 saturated carbocycles. The van der Waals surface area contributed by atoms with Crippen LogP contribution in [0.15, 0.2) is 29.9 Å². The molecule has 1 aliphatic rings. The molecule has 0 amide bonds. The summed E-state index contributed by atoms with van der Waals surface area (Å²) in [6.45, 7) is 0. The summed E-state index contributed by atoms with van der Waals surface area (Å²) in [7, 11) is 0. The normalized spacial score (nSPS) is 22.2. The summed E-state index contributed by atoms with van der Waals surface area (Å²) in [5.74, 6) is 0.368. The van der Waals surface area contributed by atoms with Gasteiger partial charge in [0.2, 0.25) is 0 Å². The molecule has 1 aliphatic carbocycles. The van der Waals surface area contributed by atoms with E-state index in [0.717, 1.165) is 0 Å². The van der Waals surface area contributed by atoms with Gasteiger partial charge in [-0.05, 0) is 12.0 Å². The van der Waals surface area contributed by atoms with Crippen molar-refractivity contribution in [2.24, 2.45) is 5.11 Å². The van der Waals surface area contributed by atoms with Crippen LogP contribution in [0.3, 0.4) is 0 Å². The van der Waals surface area contributed by atoms with Crippen LogP contribution in [0.1, 0.15) is 12.5 Å². The maximum Gasteiger partial charge on any atom is 0.165 e. The zero-order chi connectivity index (χ0) is 12.5. The van der Waals surface area contributed by atoms with Gasteiger partial charge in [0.1, 0.15) is 11.8 Å². The summed E-state index contributed by atoms with van der Waals surface area (Å²) in [6.07, 6.45) is 7.68. The number of hydrogen-bond donors (Lipinski definition) is 1. The molecule has 18 heavy (non-hydrogen) atoms. The number of aromatic nitrogens is 4. The Bertz CT molecular complexity index is 666. The first-order valence-corrected chi connectivity index (χ1v) is 5.45. The van der Waals surface area contributed by atoms with Gasteiger partial charge in [0.05, 0.1) is 18.4 Å². The van der Waals surface area contributed by atoms with Gasteiger partial charge >= 0.3 is 0 Å². The van der Waals surface area contributed by atoms with E-state index in [0.29, 0.717) is 23.4 Å². The molecule has 2 N–H and O–H groups in total. The fourth-order valence-corrected chi connectivity index (χ4v) is 2.13. The quantitative estimate of drug-likeness (QED) is 0.372. The van der Waals surface area contributed by atoms with Crippen LogP contribution in [0.4, 0.5) is 5.82 Å². The number of anilines is 1. The molecule has 2 aromatic rings. The predicted octanol–water partition coefficient (Wildman–Crippen LogP) is 1.59. The Balaban J connectivity index is 1.99. The molecule has 0 saturated heterocycles. The van der Waals surface area contributed by atoms with Crippen LogP contribution in [-0.4, -0.2) is 25.6 Å². The predicted molar refractivity (Wildman–Crippen MR) is 65.5 cm³/mol. The van der Waals surface area contributed by atoms with Gasteiger partial charge in [-0.1, -0.05) is 17.3 Å². The van der Waals surface area contributed by atoms with Crippen LogP contribution in [-0.2, 0) is 0 Å². The van der Waals surface area contributed by atoms with Gasteiger partial charge in [0.15, 0.2) is 11.5 Å². The fraction of sp³-hybridized carbons (Fsp3) is 0.300. The van der Waals surface area contributed by atoms with Crippen molar-refractivity contribution < 1.29 is 0 Å². The Hall–Kier alpha value is -2.60. The van der Waals surface area contributed by atoms with E-state index in [1.54, 1.807) is 6.33 Å². The summed E-state index contributed by atoms with van der Waals surface area (Å²) < 4.78 is 1.91. The fourth-order valence-electron chi connectivity index (χ4n) is 2.13. The van der Waals surface area contributed by atoms with Crippen LogP contribution < -0.4 is 5.73 Å². The summed E-state index contributed by atoms with van der Waals surface area (Å²) in [5.41, 5.74) is 15.4. The number of nitrogen functional groups attached to an aromatic ring is 1. The molecule has 1 unspecified atom stereocenters. The third kappa shape index (κ3) is 1.56. The van der Waals surface area contributed by atoms with E-state index in [4.69, 9.17) is 11.3 Å². The zero-order valence-corrected chi connectivity index (χ0v) is 9.38. The summed E-state index contributed by atoms with van der Waals surface area (Å²) in [6, 6.07) is -0.0311. The van der Waals surface area contributed by atoms with E-state index in [2.05, 4.69) is 25.0 Å². The molecule has 8 heteroatoms. The standard InChI is InChI=1S/C10H10N8/c11-9-8-10(14-4-13-9)18(5-15-8)7-2-1-6(3-7)16-17-12/h1-2,4-7H,3H2,(H2,11,13,14)/t6-,7?/m0/s1. The number of fused-ring (bicyclic) bond motifs is 1. The molecule has 0 aliphatic heterocycles. The van der Waals surface area contributed by atoms with Crippen LogP contribution >= 0.6 is 0 Å². The van der Waals surface area contributed by atoms with Gasteiger partial charge in [-0.3, -0.25) is 0 Å². The lowest BCUT2D eigenvalue weighted by atomic mass is 10.2. The van der Waals surface area contributed by atoms with Crippen molar-refractivity contribution in [3.8, 4) is 0 Å². The topological polar surface area (TPSA) is 118 Å². The molecule has 8 nitrogen and oxygen atoms in total. The molecule has 2 heterocycles. The van der Waals surface area contributed by atoms with Crippen molar-refractivity contribution in [3.63, 3.8) is 0 Å². The Labute approximate surface area is 102 Å². The van der Waals surface area contributed by atoms with E-state index in [9.17, 15) is 0 Å². The van der Waals surface area contributed by atoms with Crippen LogP contribution in [0.2, 0.25) is 0 Å². The van der Waals surface area contributed by atoms with Crippen LogP contribution in [0.25, 0.3) is 21.6 Å². The van der Waals surface area contributed by atoms with Crippen LogP contribution in [0.5, 0.6) is 0 Å². The van der Waals surface area contributed by atoms with Crippen molar-refractivity contribution in [3.05, 3.63) is 35.2 Å². The SMILES string of the molecule is [N-]=[N+]=N[C@H]1C=CC(n2cnc3c(N)ncnc32)C1. The summed E-state index contributed by atoms with van der Waals surface area (Å²) >= 11 is 0. The number of nitrogens with zero attached hydrogens (tertiary/aromatic N) is 7. The minimum atomic E-state index is -0.114. The smallest absolute Gasteiger partial charge is 0.165 e.